The summed E-state index contributed by atoms with van der Waals surface area (Å²) in [4.78, 5) is 12.4. The molecule has 3 rings (SSSR count). The first-order valence-electron chi connectivity index (χ1n) is 7.68. The molecule has 2 atom stereocenters. The van der Waals surface area contributed by atoms with Gasteiger partial charge in [-0.2, -0.15) is 8.42 Å². The average Bonchev–Trinajstić information content (AvgIpc) is 2.71. The number of rotatable bonds is 4. The summed E-state index contributed by atoms with van der Waals surface area (Å²) in [5.74, 6) is 0.490. The van der Waals surface area contributed by atoms with Gasteiger partial charge in [-0.25, -0.2) is 0 Å². The van der Waals surface area contributed by atoms with Gasteiger partial charge in [-0.3, -0.25) is 4.79 Å². The molecular formula is C17H22O4S. The third kappa shape index (κ3) is 2.26. The second kappa shape index (κ2) is 4.82. The first kappa shape index (κ1) is 15.5. The standard InChI is InChI=1S/C17H22O4S/c1-12-5-4-6-14(9-12)21-22(19,20)11-17-8-7-13(10-15(17)18)16(17,2)3/h4-6,9,13H,7-8,10-11H2,1-3H3. The molecular weight excluding hydrogens is 300 g/mol. The van der Waals surface area contributed by atoms with Crippen molar-refractivity contribution < 1.29 is 17.4 Å². The van der Waals surface area contributed by atoms with E-state index in [1.54, 1.807) is 18.2 Å². The van der Waals surface area contributed by atoms with Crippen LogP contribution in [0.3, 0.4) is 0 Å². The molecule has 2 saturated carbocycles. The minimum atomic E-state index is -3.80. The van der Waals surface area contributed by atoms with Gasteiger partial charge in [0.1, 0.15) is 11.5 Å². The number of Topliss-reactive ketones (excluding diaryl/α,β-unsaturated/α-hetero) is 1. The zero-order valence-electron chi connectivity index (χ0n) is 13.3. The molecule has 2 fully saturated rings. The zero-order valence-corrected chi connectivity index (χ0v) is 14.1. The maximum absolute atomic E-state index is 12.5. The molecule has 0 spiro atoms. The van der Waals surface area contributed by atoms with Crippen LogP contribution in [0, 0.1) is 23.7 Å². The molecule has 1 aromatic carbocycles. The van der Waals surface area contributed by atoms with Crippen LogP contribution in [0.15, 0.2) is 24.3 Å². The predicted octanol–water partition coefficient (Wildman–Crippen LogP) is 3.10. The van der Waals surface area contributed by atoms with Crippen LogP contribution in [-0.2, 0) is 14.9 Å². The lowest BCUT2D eigenvalue weighted by molar-refractivity contribution is -0.128. The SMILES string of the molecule is Cc1cccc(OS(=O)(=O)CC23CCC(CC2=O)C3(C)C)c1. The summed E-state index contributed by atoms with van der Waals surface area (Å²) in [6, 6.07) is 6.95. The molecule has 0 N–H and O–H groups in total. The van der Waals surface area contributed by atoms with Crippen molar-refractivity contribution in [2.75, 3.05) is 5.75 Å². The van der Waals surface area contributed by atoms with Gasteiger partial charge in [0.25, 0.3) is 0 Å². The molecule has 2 aliphatic rings. The molecule has 2 bridgehead atoms. The van der Waals surface area contributed by atoms with E-state index in [0.717, 1.165) is 12.0 Å². The lowest BCUT2D eigenvalue weighted by atomic mass is 9.70. The minimum absolute atomic E-state index is 0.0881. The Labute approximate surface area is 132 Å². The lowest BCUT2D eigenvalue weighted by Gasteiger charge is -2.35. The summed E-state index contributed by atoms with van der Waals surface area (Å²) in [5.41, 5.74) is -0.114. The van der Waals surface area contributed by atoms with Crippen LogP contribution in [0.1, 0.15) is 38.7 Å². The molecule has 0 heterocycles. The minimum Gasteiger partial charge on any atom is -0.382 e. The number of aryl methyl sites for hydroxylation is 1. The molecule has 0 aromatic heterocycles. The van der Waals surface area contributed by atoms with Crippen LogP contribution in [0.4, 0.5) is 0 Å². The first-order chi connectivity index (χ1) is 10.2. The van der Waals surface area contributed by atoms with Gasteiger partial charge in [-0.15, -0.1) is 0 Å². The second-order valence-electron chi connectivity index (χ2n) is 7.27. The number of hydrogen-bond donors (Lipinski definition) is 0. The van der Waals surface area contributed by atoms with Crippen molar-refractivity contribution in [2.45, 2.75) is 40.0 Å². The Morgan fingerprint density at radius 3 is 2.59 bits per heavy atom. The fraction of sp³-hybridized carbons (Fsp3) is 0.588. The Hall–Kier alpha value is -1.36. The van der Waals surface area contributed by atoms with E-state index in [0.29, 0.717) is 24.5 Å². The highest BCUT2D eigenvalue weighted by Gasteiger charge is 2.65. The number of hydrogen-bond acceptors (Lipinski definition) is 4. The van der Waals surface area contributed by atoms with E-state index in [2.05, 4.69) is 0 Å². The average molecular weight is 322 g/mol. The largest absolute Gasteiger partial charge is 0.382 e. The Morgan fingerprint density at radius 2 is 2.05 bits per heavy atom. The number of carbonyl (C=O) groups is 1. The molecule has 2 unspecified atom stereocenters. The van der Waals surface area contributed by atoms with Crippen molar-refractivity contribution in [3.05, 3.63) is 29.8 Å². The van der Waals surface area contributed by atoms with Crippen molar-refractivity contribution >= 4 is 15.9 Å². The summed E-state index contributed by atoms with van der Waals surface area (Å²) in [6.07, 6.45) is 2.09. The van der Waals surface area contributed by atoms with Gasteiger partial charge in [0.15, 0.2) is 0 Å². The Morgan fingerprint density at radius 1 is 1.32 bits per heavy atom. The molecule has 0 saturated heterocycles. The van der Waals surface area contributed by atoms with Crippen LogP contribution in [0.25, 0.3) is 0 Å². The van der Waals surface area contributed by atoms with Gasteiger partial charge in [0, 0.05) is 6.42 Å². The number of benzene rings is 1. The summed E-state index contributed by atoms with van der Waals surface area (Å²) < 4.78 is 30.3. The fourth-order valence-corrected chi connectivity index (χ4v) is 5.99. The van der Waals surface area contributed by atoms with Crippen molar-refractivity contribution in [1.29, 1.82) is 0 Å². The van der Waals surface area contributed by atoms with Gasteiger partial charge in [0.2, 0.25) is 0 Å². The van der Waals surface area contributed by atoms with E-state index in [9.17, 15) is 13.2 Å². The summed E-state index contributed by atoms with van der Waals surface area (Å²) in [5, 5.41) is 0. The van der Waals surface area contributed by atoms with E-state index in [4.69, 9.17) is 4.18 Å². The molecule has 120 valence electrons. The van der Waals surface area contributed by atoms with Crippen LogP contribution < -0.4 is 4.18 Å². The van der Waals surface area contributed by atoms with Crippen molar-refractivity contribution in [3.63, 3.8) is 0 Å². The topological polar surface area (TPSA) is 60.4 Å². The number of carbonyl (C=O) groups excluding carboxylic acids is 1. The van der Waals surface area contributed by atoms with Crippen molar-refractivity contribution in [3.8, 4) is 5.75 Å². The van der Waals surface area contributed by atoms with Gasteiger partial charge in [-0.05, 0) is 48.8 Å². The molecule has 5 heteroatoms. The third-order valence-electron chi connectivity index (χ3n) is 5.78. The van der Waals surface area contributed by atoms with Crippen LogP contribution in [0.2, 0.25) is 0 Å². The van der Waals surface area contributed by atoms with Gasteiger partial charge in [0.05, 0.1) is 11.2 Å². The van der Waals surface area contributed by atoms with E-state index >= 15 is 0 Å². The van der Waals surface area contributed by atoms with E-state index in [1.165, 1.54) is 0 Å². The lowest BCUT2D eigenvalue weighted by Crippen LogP contribution is -2.43. The highest BCUT2D eigenvalue weighted by molar-refractivity contribution is 7.87. The number of ketones is 1. The Kier molecular flexibility index (Phi) is 3.40. The van der Waals surface area contributed by atoms with Gasteiger partial charge in [-0.1, -0.05) is 26.0 Å². The maximum Gasteiger partial charge on any atom is 0.310 e. The molecule has 0 radical (unpaired) electrons. The van der Waals surface area contributed by atoms with Crippen LogP contribution in [-0.4, -0.2) is 20.0 Å². The molecule has 1 aromatic rings. The van der Waals surface area contributed by atoms with Crippen molar-refractivity contribution in [1.82, 2.24) is 0 Å². The molecule has 2 aliphatic carbocycles. The van der Waals surface area contributed by atoms with Crippen LogP contribution in [0.5, 0.6) is 5.75 Å². The van der Waals surface area contributed by atoms with E-state index in [-0.39, 0.29) is 17.0 Å². The van der Waals surface area contributed by atoms with E-state index in [1.807, 2.05) is 26.8 Å². The molecule has 0 aliphatic heterocycles. The highest BCUT2D eigenvalue weighted by atomic mass is 32.2. The Balaban J connectivity index is 1.87. The second-order valence-corrected chi connectivity index (χ2v) is 8.84. The summed E-state index contributed by atoms with van der Waals surface area (Å²) in [7, 11) is -3.80. The number of fused-ring (bicyclic) bond motifs is 2. The third-order valence-corrected chi connectivity index (χ3v) is 7.07. The van der Waals surface area contributed by atoms with Gasteiger partial charge >= 0.3 is 10.1 Å². The maximum atomic E-state index is 12.5. The quantitative estimate of drug-likeness (QED) is 0.799. The predicted molar refractivity (Wildman–Crippen MR) is 84.2 cm³/mol. The van der Waals surface area contributed by atoms with Crippen LogP contribution >= 0.6 is 0 Å². The molecule has 22 heavy (non-hydrogen) atoms. The first-order valence-corrected chi connectivity index (χ1v) is 9.26. The Bertz CT molecular complexity index is 720. The molecule has 0 amide bonds. The van der Waals surface area contributed by atoms with E-state index < -0.39 is 15.5 Å². The normalized spacial score (nSPS) is 29.8. The fourth-order valence-electron chi connectivity index (χ4n) is 4.25. The monoisotopic (exact) mass is 322 g/mol. The molecule has 4 nitrogen and oxygen atoms in total. The summed E-state index contributed by atoms with van der Waals surface area (Å²) in [6.45, 7) is 5.93. The van der Waals surface area contributed by atoms with Gasteiger partial charge < -0.3 is 4.18 Å². The van der Waals surface area contributed by atoms with Crippen molar-refractivity contribution in [2.24, 2.45) is 16.7 Å². The summed E-state index contributed by atoms with van der Waals surface area (Å²) >= 11 is 0. The highest BCUT2D eigenvalue weighted by Crippen LogP contribution is 2.64. The zero-order chi connectivity index (χ0) is 16.2. The smallest absolute Gasteiger partial charge is 0.310 e.